The predicted octanol–water partition coefficient (Wildman–Crippen LogP) is 3.20. The van der Waals surface area contributed by atoms with Crippen LogP contribution < -0.4 is 5.73 Å². The van der Waals surface area contributed by atoms with Crippen LogP contribution in [0.25, 0.3) is 0 Å². The van der Waals surface area contributed by atoms with Crippen molar-refractivity contribution in [3.8, 4) is 0 Å². The summed E-state index contributed by atoms with van der Waals surface area (Å²) in [5.41, 5.74) is 5.57. The van der Waals surface area contributed by atoms with Gasteiger partial charge in [0.2, 0.25) is 0 Å². The number of nitrogens with zero attached hydrogens (tertiary/aromatic N) is 1. The minimum absolute atomic E-state index is 0. The number of benzene rings is 1. The number of halogens is 2. The monoisotopic (exact) mass is 262 g/mol. The zero-order valence-corrected chi connectivity index (χ0v) is 10.8. The molecule has 0 spiro atoms. The van der Waals surface area contributed by atoms with Crippen LogP contribution in [-0.2, 0) is 0 Å². The van der Waals surface area contributed by atoms with Gasteiger partial charge < -0.3 is 5.73 Å². The molecule has 1 aromatic carbocycles. The summed E-state index contributed by atoms with van der Waals surface area (Å²) < 4.78 is 13.5. The molecule has 17 heavy (non-hydrogen) atoms. The third-order valence-corrected chi connectivity index (χ3v) is 2.46. The summed E-state index contributed by atoms with van der Waals surface area (Å²) in [6, 6.07) is 2.84. The molecular weight excluding hydrogens is 247 g/mol. The molecule has 4 nitrogen and oxygen atoms in total. The summed E-state index contributed by atoms with van der Waals surface area (Å²) in [5, 5.41) is 10.6. The second-order valence-corrected chi connectivity index (χ2v) is 4.81. The van der Waals surface area contributed by atoms with Crippen LogP contribution >= 0.6 is 12.4 Å². The van der Waals surface area contributed by atoms with Gasteiger partial charge in [0, 0.05) is 23.7 Å². The smallest absolute Gasteiger partial charge is 0.269 e. The normalized spacial score (nSPS) is 12.8. The van der Waals surface area contributed by atoms with Gasteiger partial charge in [-0.25, -0.2) is 4.39 Å². The molecule has 2 N–H and O–H groups in total. The molecule has 0 heterocycles. The molecule has 0 aromatic heterocycles. The Kier molecular flexibility index (Phi) is 5.04. The van der Waals surface area contributed by atoms with E-state index in [4.69, 9.17) is 5.73 Å². The maximum Gasteiger partial charge on any atom is 0.269 e. The first kappa shape index (κ1) is 15.8. The van der Waals surface area contributed by atoms with Gasteiger partial charge in [-0.2, -0.15) is 0 Å². The zero-order chi connectivity index (χ0) is 12.5. The summed E-state index contributed by atoms with van der Waals surface area (Å²) in [6.07, 6.45) is 0. The number of nitrogens with two attached hydrogens (primary N) is 1. The summed E-state index contributed by atoms with van der Waals surface area (Å²) >= 11 is 0. The highest BCUT2D eigenvalue weighted by atomic mass is 35.5. The molecule has 0 amide bonds. The van der Waals surface area contributed by atoms with Gasteiger partial charge >= 0.3 is 0 Å². The molecule has 0 saturated carbocycles. The van der Waals surface area contributed by atoms with E-state index in [2.05, 4.69) is 0 Å². The number of hydrogen-bond acceptors (Lipinski definition) is 3. The van der Waals surface area contributed by atoms with Crippen molar-refractivity contribution in [1.82, 2.24) is 0 Å². The molecule has 0 aliphatic heterocycles. The number of nitro benzene ring substituents is 1. The van der Waals surface area contributed by atoms with Crippen LogP contribution in [0.3, 0.4) is 0 Å². The molecule has 0 bridgehead atoms. The number of non-ortho nitro benzene ring substituents is 1. The number of rotatable bonds is 2. The van der Waals surface area contributed by atoms with E-state index in [1.165, 1.54) is 6.07 Å². The van der Waals surface area contributed by atoms with Crippen molar-refractivity contribution >= 4 is 18.1 Å². The van der Waals surface area contributed by atoms with Crippen molar-refractivity contribution in [2.75, 3.05) is 0 Å². The number of hydrogen-bond donors (Lipinski definition) is 1. The summed E-state index contributed by atoms with van der Waals surface area (Å²) in [6.45, 7) is 5.57. The van der Waals surface area contributed by atoms with Crippen molar-refractivity contribution in [2.24, 2.45) is 11.1 Å². The molecule has 0 unspecified atom stereocenters. The van der Waals surface area contributed by atoms with Crippen LogP contribution in [-0.4, -0.2) is 4.92 Å². The van der Waals surface area contributed by atoms with Crippen molar-refractivity contribution in [3.05, 3.63) is 39.7 Å². The lowest BCUT2D eigenvalue weighted by atomic mass is 9.83. The van der Waals surface area contributed by atoms with Gasteiger partial charge in [0.25, 0.3) is 5.69 Å². The Bertz CT molecular complexity index is 418. The van der Waals surface area contributed by atoms with Gasteiger partial charge in [0.15, 0.2) is 0 Å². The molecule has 0 aliphatic rings. The van der Waals surface area contributed by atoms with Crippen molar-refractivity contribution in [1.29, 1.82) is 0 Å². The average molecular weight is 263 g/mol. The first-order valence-electron chi connectivity index (χ1n) is 4.93. The highest BCUT2D eigenvalue weighted by molar-refractivity contribution is 5.85. The van der Waals surface area contributed by atoms with E-state index in [1.54, 1.807) is 0 Å². The first-order chi connectivity index (χ1) is 7.23. The molecule has 6 heteroatoms. The second kappa shape index (κ2) is 5.42. The lowest BCUT2D eigenvalue weighted by molar-refractivity contribution is -0.385. The Morgan fingerprint density at radius 2 is 1.94 bits per heavy atom. The topological polar surface area (TPSA) is 69.2 Å². The molecular formula is C11H16ClFN2O2. The maximum absolute atomic E-state index is 13.5. The third-order valence-electron chi connectivity index (χ3n) is 2.46. The molecule has 0 radical (unpaired) electrons. The highest BCUT2D eigenvalue weighted by Crippen LogP contribution is 2.33. The molecule has 1 aromatic rings. The van der Waals surface area contributed by atoms with E-state index >= 15 is 0 Å². The Morgan fingerprint density at radius 1 is 1.41 bits per heavy atom. The lowest BCUT2D eigenvalue weighted by Gasteiger charge is -2.27. The number of nitro groups is 1. The van der Waals surface area contributed by atoms with Crippen LogP contribution in [0.5, 0.6) is 0 Å². The molecule has 96 valence electrons. The predicted molar refractivity (Wildman–Crippen MR) is 66.7 cm³/mol. The molecule has 0 aliphatic carbocycles. The van der Waals surface area contributed by atoms with E-state index in [1.807, 2.05) is 20.8 Å². The van der Waals surface area contributed by atoms with Crippen LogP contribution in [0.4, 0.5) is 10.1 Å². The SMILES string of the molecule is CC(C)(C)[C@H](N)c1cc([N+](=O)[O-])ccc1F.Cl. The molecule has 0 saturated heterocycles. The van der Waals surface area contributed by atoms with Crippen molar-refractivity contribution in [2.45, 2.75) is 26.8 Å². The molecule has 1 atom stereocenters. The van der Waals surface area contributed by atoms with E-state index in [-0.39, 0.29) is 29.1 Å². The second-order valence-electron chi connectivity index (χ2n) is 4.81. The van der Waals surface area contributed by atoms with Gasteiger partial charge in [-0.05, 0) is 11.5 Å². The minimum Gasteiger partial charge on any atom is -0.323 e. The van der Waals surface area contributed by atoms with Gasteiger partial charge in [-0.1, -0.05) is 20.8 Å². The molecule has 0 fully saturated rings. The Labute approximate surface area is 106 Å². The quantitative estimate of drug-likeness (QED) is 0.657. The van der Waals surface area contributed by atoms with E-state index in [0.717, 1.165) is 12.1 Å². The summed E-state index contributed by atoms with van der Waals surface area (Å²) in [5.74, 6) is -0.506. The Balaban J connectivity index is 0.00000256. The van der Waals surface area contributed by atoms with Gasteiger partial charge in [0.1, 0.15) is 5.82 Å². The standard InChI is InChI=1S/C11H15FN2O2.ClH/c1-11(2,3)10(13)8-6-7(14(15)16)4-5-9(8)12;/h4-6,10H,13H2,1-3H3;1H/t10-;/m1./s1. The van der Waals surface area contributed by atoms with Crippen LogP contribution in [0.15, 0.2) is 18.2 Å². The van der Waals surface area contributed by atoms with Gasteiger partial charge in [-0.3, -0.25) is 10.1 Å². The fourth-order valence-electron chi connectivity index (χ4n) is 1.35. The van der Waals surface area contributed by atoms with E-state index in [0.29, 0.717) is 0 Å². The first-order valence-corrected chi connectivity index (χ1v) is 4.93. The minimum atomic E-state index is -0.576. The fraction of sp³-hybridized carbons (Fsp3) is 0.455. The largest absolute Gasteiger partial charge is 0.323 e. The van der Waals surface area contributed by atoms with Crippen LogP contribution in [0.2, 0.25) is 0 Å². The fourth-order valence-corrected chi connectivity index (χ4v) is 1.35. The van der Waals surface area contributed by atoms with E-state index < -0.39 is 16.8 Å². The average Bonchev–Trinajstić information content (AvgIpc) is 2.15. The van der Waals surface area contributed by atoms with E-state index in [9.17, 15) is 14.5 Å². The van der Waals surface area contributed by atoms with Crippen molar-refractivity contribution < 1.29 is 9.31 Å². The molecule has 1 rings (SSSR count). The summed E-state index contributed by atoms with van der Waals surface area (Å²) in [4.78, 5) is 10.0. The lowest BCUT2D eigenvalue weighted by Crippen LogP contribution is -2.27. The van der Waals surface area contributed by atoms with Gasteiger partial charge in [-0.15, -0.1) is 12.4 Å². The van der Waals surface area contributed by atoms with Crippen LogP contribution in [0.1, 0.15) is 32.4 Å². The Morgan fingerprint density at radius 3 is 2.35 bits per heavy atom. The summed E-state index contributed by atoms with van der Waals surface area (Å²) in [7, 11) is 0. The van der Waals surface area contributed by atoms with Gasteiger partial charge in [0.05, 0.1) is 4.92 Å². The van der Waals surface area contributed by atoms with Crippen LogP contribution in [0, 0.1) is 21.3 Å². The van der Waals surface area contributed by atoms with Crippen molar-refractivity contribution in [3.63, 3.8) is 0 Å². The zero-order valence-electron chi connectivity index (χ0n) is 9.94. The maximum atomic E-state index is 13.5. The third kappa shape index (κ3) is 3.64. The highest BCUT2D eigenvalue weighted by Gasteiger charge is 2.26. The Hall–Kier alpha value is -1.20.